The Hall–Kier alpha value is -3.43. The van der Waals surface area contributed by atoms with E-state index in [1.54, 1.807) is 0 Å². The lowest BCUT2D eigenvalue weighted by atomic mass is 9.94. The summed E-state index contributed by atoms with van der Waals surface area (Å²) in [7, 11) is 0. The first kappa shape index (κ1) is 28.1. The van der Waals surface area contributed by atoms with Crippen molar-refractivity contribution < 1.29 is 28.7 Å². The molecule has 1 aromatic rings. The van der Waals surface area contributed by atoms with Crippen molar-refractivity contribution in [3.05, 3.63) is 35.9 Å². The smallest absolute Gasteiger partial charge is 0.408 e. The molecule has 0 aromatic heterocycles. The van der Waals surface area contributed by atoms with E-state index in [1.165, 1.54) is 5.56 Å². The maximum atomic E-state index is 13.2. The van der Waals surface area contributed by atoms with Crippen molar-refractivity contribution >= 4 is 29.6 Å². The molecule has 0 bridgehead atoms. The van der Waals surface area contributed by atoms with Gasteiger partial charge in [0.1, 0.15) is 12.1 Å². The van der Waals surface area contributed by atoms with Crippen LogP contribution in [0, 0.1) is 17.8 Å². The maximum absolute atomic E-state index is 13.2. The summed E-state index contributed by atoms with van der Waals surface area (Å²) >= 11 is 0. The number of rotatable bonds is 12. The van der Waals surface area contributed by atoms with Crippen molar-refractivity contribution in [1.82, 2.24) is 16.0 Å². The van der Waals surface area contributed by atoms with Crippen LogP contribution >= 0.6 is 0 Å². The highest BCUT2D eigenvalue weighted by Gasteiger charge is 2.36. The second-order valence-electron chi connectivity index (χ2n) is 10.5. The van der Waals surface area contributed by atoms with Crippen LogP contribution in [0.15, 0.2) is 30.3 Å². The third-order valence-corrected chi connectivity index (χ3v) is 7.06. The molecule has 202 valence electrons. The number of hydrogen-bond acceptors (Lipinski definition) is 6. The van der Waals surface area contributed by atoms with E-state index in [0.717, 1.165) is 25.7 Å². The van der Waals surface area contributed by atoms with E-state index in [4.69, 9.17) is 10.5 Å². The monoisotopic (exact) mass is 514 g/mol. The molecule has 5 N–H and O–H groups in total. The van der Waals surface area contributed by atoms with Gasteiger partial charge in [-0.15, -0.1) is 0 Å². The van der Waals surface area contributed by atoms with Gasteiger partial charge in [0.15, 0.2) is 0 Å². The summed E-state index contributed by atoms with van der Waals surface area (Å²) in [6, 6.07) is 7.80. The first-order chi connectivity index (χ1) is 17.6. The van der Waals surface area contributed by atoms with Gasteiger partial charge in [0.25, 0.3) is 5.91 Å². The van der Waals surface area contributed by atoms with Crippen LogP contribution in [0.5, 0.6) is 0 Å². The van der Waals surface area contributed by atoms with Gasteiger partial charge in [-0.3, -0.25) is 19.2 Å². The number of nitrogens with one attached hydrogen (secondary N) is 3. The molecule has 10 heteroatoms. The zero-order valence-corrected chi connectivity index (χ0v) is 21.5. The van der Waals surface area contributed by atoms with Gasteiger partial charge < -0.3 is 26.4 Å². The maximum Gasteiger partial charge on any atom is 0.408 e. The molecule has 1 heterocycles. The van der Waals surface area contributed by atoms with Crippen LogP contribution in [0.3, 0.4) is 0 Å². The molecule has 37 heavy (non-hydrogen) atoms. The molecule has 4 amide bonds. The molecule has 1 aliphatic heterocycles. The third kappa shape index (κ3) is 8.30. The summed E-state index contributed by atoms with van der Waals surface area (Å²) in [6.07, 6.45) is 3.26. The number of Topliss-reactive ketones (excluding diaryl/α,β-unsaturated/α-hetero) is 1. The lowest BCUT2D eigenvalue weighted by Gasteiger charge is -2.26. The summed E-state index contributed by atoms with van der Waals surface area (Å²) in [4.78, 5) is 62.0. The molecule has 10 nitrogen and oxygen atoms in total. The van der Waals surface area contributed by atoms with Crippen LogP contribution in [-0.4, -0.2) is 54.3 Å². The largest absolute Gasteiger partial charge is 0.446 e. The molecular formula is C27H38N4O6. The Morgan fingerprint density at radius 2 is 1.78 bits per heavy atom. The first-order valence-corrected chi connectivity index (χ1v) is 13.1. The van der Waals surface area contributed by atoms with Gasteiger partial charge in [-0.05, 0) is 56.4 Å². The highest BCUT2D eigenvalue weighted by molar-refractivity contribution is 6.37. The summed E-state index contributed by atoms with van der Waals surface area (Å²) in [5.74, 6) is -3.32. The highest BCUT2D eigenvalue weighted by Crippen LogP contribution is 2.31. The average molecular weight is 515 g/mol. The molecule has 0 spiro atoms. The normalized spacial score (nSPS) is 22.7. The molecule has 1 aromatic carbocycles. The third-order valence-electron chi connectivity index (χ3n) is 7.06. The Morgan fingerprint density at radius 1 is 1.05 bits per heavy atom. The van der Waals surface area contributed by atoms with Crippen molar-refractivity contribution in [2.24, 2.45) is 23.5 Å². The van der Waals surface area contributed by atoms with Crippen LogP contribution in [-0.2, 0) is 30.3 Å². The lowest BCUT2D eigenvalue weighted by Crippen LogP contribution is -2.54. The van der Waals surface area contributed by atoms with E-state index in [1.807, 2.05) is 32.0 Å². The van der Waals surface area contributed by atoms with Gasteiger partial charge in [-0.25, -0.2) is 4.79 Å². The molecule has 1 saturated carbocycles. The van der Waals surface area contributed by atoms with E-state index in [2.05, 4.69) is 28.1 Å². The molecule has 3 rings (SSSR count). The molecule has 0 radical (unpaired) electrons. The van der Waals surface area contributed by atoms with Crippen molar-refractivity contribution in [3.63, 3.8) is 0 Å². The molecule has 2 fully saturated rings. The van der Waals surface area contributed by atoms with Crippen molar-refractivity contribution in [2.75, 3.05) is 6.54 Å². The number of nitrogens with two attached hydrogens (primary N) is 1. The number of primary amides is 1. The number of benzene rings is 1. The molecule has 5 atom stereocenters. The summed E-state index contributed by atoms with van der Waals surface area (Å²) < 4.78 is 5.75. The zero-order chi connectivity index (χ0) is 26.9. The van der Waals surface area contributed by atoms with Crippen LogP contribution in [0.2, 0.25) is 0 Å². The minimum Gasteiger partial charge on any atom is -0.446 e. The van der Waals surface area contributed by atoms with Crippen molar-refractivity contribution in [1.29, 1.82) is 0 Å². The minimum atomic E-state index is -1.25. The Kier molecular flexibility index (Phi) is 10.0. The van der Waals surface area contributed by atoms with Gasteiger partial charge in [0.05, 0.1) is 6.04 Å². The van der Waals surface area contributed by atoms with Gasteiger partial charge in [0.2, 0.25) is 17.6 Å². The molecule has 1 saturated heterocycles. The fraction of sp³-hybridized carbons (Fsp3) is 0.593. The minimum absolute atomic E-state index is 0.0402. The molecule has 2 aliphatic rings. The van der Waals surface area contributed by atoms with Crippen LogP contribution in [0.4, 0.5) is 4.79 Å². The zero-order valence-electron chi connectivity index (χ0n) is 21.5. The number of hydrogen-bond donors (Lipinski definition) is 4. The summed E-state index contributed by atoms with van der Waals surface area (Å²) in [5.41, 5.74) is 6.37. The fourth-order valence-electron chi connectivity index (χ4n) is 5.15. The lowest BCUT2D eigenvalue weighted by molar-refractivity contribution is -0.139. The van der Waals surface area contributed by atoms with E-state index < -0.39 is 41.7 Å². The van der Waals surface area contributed by atoms with Crippen molar-refractivity contribution in [3.8, 4) is 0 Å². The molecular weight excluding hydrogens is 476 g/mol. The summed E-state index contributed by atoms with van der Waals surface area (Å²) in [6.45, 7) is 4.26. The standard InChI is InChI=1S/C27H38N4O6/c1-16(2)13-21(26(35)30-20(23(32)24(28)33)15-19-11-12-29-25(19)34)31-27(36)37-22-10-6-9-18(22)14-17-7-4-3-5-8-17/h3-5,7-8,16,18-22H,6,9-15H2,1-2H3,(H2,28,33)(H,29,34)(H,30,35)(H,31,36)/t18?,19-,20-,21-,22?/m0/s1. The Morgan fingerprint density at radius 3 is 2.41 bits per heavy atom. The van der Waals surface area contributed by atoms with Crippen molar-refractivity contribution in [2.45, 2.75) is 77.0 Å². The number of ether oxygens (including phenoxy) is 1. The number of amides is 4. The van der Waals surface area contributed by atoms with E-state index in [9.17, 15) is 24.0 Å². The SMILES string of the molecule is CC(C)C[C@H](NC(=O)OC1CCCC1Cc1ccccc1)C(=O)N[C@@H](C[C@@H]1CCNC1=O)C(=O)C(N)=O. The number of ketones is 1. The predicted octanol–water partition coefficient (Wildman–Crippen LogP) is 1.60. The quantitative estimate of drug-likeness (QED) is 0.310. The van der Waals surface area contributed by atoms with Crippen LogP contribution < -0.4 is 21.7 Å². The first-order valence-electron chi connectivity index (χ1n) is 13.1. The Bertz CT molecular complexity index is 982. The topological polar surface area (TPSA) is 157 Å². The second-order valence-corrected chi connectivity index (χ2v) is 10.5. The average Bonchev–Trinajstić information content (AvgIpc) is 3.46. The van der Waals surface area contributed by atoms with Gasteiger partial charge in [-0.2, -0.15) is 0 Å². The van der Waals surface area contributed by atoms with Gasteiger partial charge >= 0.3 is 6.09 Å². The summed E-state index contributed by atoms with van der Waals surface area (Å²) in [5, 5.41) is 7.88. The van der Waals surface area contributed by atoms with Gasteiger partial charge in [0, 0.05) is 18.4 Å². The van der Waals surface area contributed by atoms with E-state index in [-0.39, 0.29) is 30.3 Å². The van der Waals surface area contributed by atoms with Crippen LogP contribution in [0.25, 0.3) is 0 Å². The van der Waals surface area contributed by atoms with E-state index in [0.29, 0.717) is 19.4 Å². The van der Waals surface area contributed by atoms with Crippen LogP contribution in [0.1, 0.15) is 57.9 Å². The predicted molar refractivity (Wildman–Crippen MR) is 136 cm³/mol. The Balaban J connectivity index is 1.63. The number of carbonyl (C=O) groups excluding carboxylic acids is 5. The molecule has 1 aliphatic carbocycles. The Labute approximate surface area is 217 Å². The number of carbonyl (C=O) groups is 5. The second kappa shape index (κ2) is 13.2. The molecule has 2 unspecified atom stereocenters. The highest BCUT2D eigenvalue weighted by atomic mass is 16.6. The number of alkyl carbamates (subject to hydrolysis) is 1. The fourth-order valence-corrected chi connectivity index (χ4v) is 5.15. The van der Waals surface area contributed by atoms with Gasteiger partial charge in [-0.1, -0.05) is 44.2 Å². The van der Waals surface area contributed by atoms with E-state index >= 15 is 0 Å².